The molecule has 0 saturated heterocycles. The minimum atomic E-state index is -1.13. The molecule has 0 saturated carbocycles. The molecule has 0 radical (unpaired) electrons. The molecule has 3 aromatic carbocycles. The number of non-ortho nitro benzene ring substituents is 1. The second kappa shape index (κ2) is 7.99. The third kappa shape index (κ3) is 3.69. The number of carbonyl (C=O) groups excluding carboxylic acids is 2. The molecule has 0 unspecified atom stereocenters. The Kier molecular flexibility index (Phi) is 5.19. The van der Waals surface area contributed by atoms with Crippen molar-refractivity contribution in [3.05, 3.63) is 106 Å². The first kappa shape index (κ1) is 20.8. The summed E-state index contributed by atoms with van der Waals surface area (Å²) < 4.78 is 41.0. The molecule has 160 valence electrons. The summed E-state index contributed by atoms with van der Waals surface area (Å²) in [6.07, 6.45) is 0. The number of nitrogens with zero attached hydrogens (tertiary/aromatic N) is 2. The molecule has 0 bridgehead atoms. The van der Waals surface area contributed by atoms with E-state index in [0.717, 1.165) is 36.4 Å². The summed E-state index contributed by atoms with van der Waals surface area (Å²) in [5, 5.41) is 13.7. The van der Waals surface area contributed by atoms with E-state index in [0.29, 0.717) is 11.0 Å². The maximum absolute atomic E-state index is 14.4. The number of nitrogens with one attached hydrogen (secondary N) is 1. The number of amides is 2. The fourth-order valence-electron chi connectivity index (χ4n) is 3.22. The Balaban J connectivity index is 1.83. The van der Waals surface area contributed by atoms with Crippen LogP contribution in [-0.2, 0) is 9.59 Å². The summed E-state index contributed by atoms with van der Waals surface area (Å²) in [5.74, 6) is -4.39. The van der Waals surface area contributed by atoms with E-state index < -0.39 is 39.9 Å². The number of hydrogen-bond acceptors (Lipinski definition) is 5. The Hall–Kier alpha value is -4.47. The average Bonchev–Trinajstić information content (AvgIpc) is 2.99. The van der Waals surface area contributed by atoms with Crippen LogP contribution in [0.5, 0.6) is 0 Å². The van der Waals surface area contributed by atoms with Crippen molar-refractivity contribution in [3.63, 3.8) is 0 Å². The summed E-state index contributed by atoms with van der Waals surface area (Å²) in [7, 11) is 0. The monoisotopic (exact) mass is 439 g/mol. The van der Waals surface area contributed by atoms with Crippen molar-refractivity contribution < 1.29 is 27.7 Å². The van der Waals surface area contributed by atoms with E-state index in [2.05, 4.69) is 5.32 Å². The number of imide groups is 1. The standard InChI is InChI=1S/C22H12F3N3O4/c23-13-3-6-15(7-4-13)26-20-19(12-1-8-16(9-2-12)28(31)32)21(29)27(22(20)30)18-10-5-14(24)11-17(18)25/h1-11,26H. The zero-order chi connectivity index (χ0) is 23.0. The lowest BCUT2D eigenvalue weighted by Gasteiger charge is -2.16. The van der Waals surface area contributed by atoms with Gasteiger partial charge in [0.15, 0.2) is 0 Å². The van der Waals surface area contributed by atoms with Crippen molar-refractivity contribution in [2.24, 2.45) is 0 Å². The van der Waals surface area contributed by atoms with Gasteiger partial charge in [0.25, 0.3) is 17.5 Å². The van der Waals surface area contributed by atoms with E-state index in [9.17, 15) is 32.9 Å². The van der Waals surface area contributed by atoms with Gasteiger partial charge in [-0.1, -0.05) is 0 Å². The fourth-order valence-corrected chi connectivity index (χ4v) is 3.22. The van der Waals surface area contributed by atoms with Gasteiger partial charge in [0.2, 0.25) is 0 Å². The number of rotatable bonds is 5. The second-order valence-corrected chi connectivity index (χ2v) is 6.73. The van der Waals surface area contributed by atoms with Gasteiger partial charge in [-0.25, -0.2) is 18.1 Å². The highest BCUT2D eigenvalue weighted by Crippen LogP contribution is 2.35. The zero-order valence-electron chi connectivity index (χ0n) is 16.0. The molecular formula is C22H12F3N3O4. The molecule has 0 aromatic heterocycles. The van der Waals surface area contributed by atoms with Crippen LogP contribution >= 0.6 is 0 Å². The van der Waals surface area contributed by atoms with Gasteiger partial charge in [0.05, 0.1) is 16.2 Å². The first-order chi connectivity index (χ1) is 15.3. The topological polar surface area (TPSA) is 92.5 Å². The third-order valence-electron chi connectivity index (χ3n) is 4.71. The fraction of sp³-hybridized carbons (Fsp3) is 0. The smallest absolute Gasteiger partial charge is 0.282 e. The van der Waals surface area contributed by atoms with Gasteiger partial charge >= 0.3 is 0 Å². The first-order valence-corrected chi connectivity index (χ1v) is 9.12. The molecule has 1 N–H and O–H groups in total. The quantitative estimate of drug-likeness (QED) is 0.361. The molecule has 2 amide bonds. The average molecular weight is 439 g/mol. The Bertz CT molecular complexity index is 1290. The molecule has 0 spiro atoms. The maximum atomic E-state index is 14.4. The van der Waals surface area contributed by atoms with E-state index in [1.807, 2.05) is 0 Å². The predicted molar refractivity (Wildman–Crippen MR) is 109 cm³/mol. The van der Waals surface area contributed by atoms with Gasteiger partial charge in [-0.3, -0.25) is 19.7 Å². The highest BCUT2D eigenvalue weighted by molar-refractivity contribution is 6.46. The van der Waals surface area contributed by atoms with E-state index in [-0.39, 0.29) is 28.2 Å². The van der Waals surface area contributed by atoms with Crippen molar-refractivity contribution in [2.75, 3.05) is 10.2 Å². The molecule has 32 heavy (non-hydrogen) atoms. The normalized spacial score (nSPS) is 13.7. The molecule has 1 aliphatic heterocycles. The molecule has 4 rings (SSSR count). The van der Waals surface area contributed by atoms with Crippen LogP contribution in [0.2, 0.25) is 0 Å². The number of nitro groups is 1. The van der Waals surface area contributed by atoms with Gasteiger partial charge in [-0.05, 0) is 54.1 Å². The summed E-state index contributed by atoms with van der Waals surface area (Å²) in [6, 6.07) is 12.2. The first-order valence-electron chi connectivity index (χ1n) is 9.12. The van der Waals surface area contributed by atoms with Gasteiger partial charge in [-0.15, -0.1) is 0 Å². The maximum Gasteiger partial charge on any atom is 0.282 e. The van der Waals surface area contributed by atoms with Gasteiger partial charge in [0, 0.05) is 23.9 Å². The molecule has 0 atom stereocenters. The molecule has 1 heterocycles. The number of carbonyl (C=O) groups is 2. The lowest BCUT2D eigenvalue weighted by Crippen LogP contribution is -2.33. The molecule has 1 aliphatic rings. The number of anilines is 2. The van der Waals surface area contributed by atoms with Crippen LogP contribution < -0.4 is 10.2 Å². The molecular weight excluding hydrogens is 427 g/mol. The van der Waals surface area contributed by atoms with Crippen molar-refractivity contribution in [1.82, 2.24) is 0 Å². The molecule has 3 aromatic rings. The summed E-state index contributed by atoms with van der Waals surface area (Å²) in [6.45, 7) is 0. The van der Waals surface area contributed by atoms with Crippen LogP contribution in [-0.4, -0.2) is 16.7 Å². The largest absolute Gasteiger partial charge is 0.350 e. The van der Waals surface area contributed by atoms with E-state index in [1.54, 1.807) is 0 Å². The van der Waals surface area contributed by atoms with Crippen LogP contribution in [0.15, 0.2) is 72.4 Å². The number of nitro benzene ring substituents is 1. The molecule has 7 nitrogen and oxygen atoms in total. The van der Waals surface area contributed by atoms with E-state index in [1.165, 1.54) is 24.3 Å². The summed E-state index contributed by atoms with van der Waals surface area (Å²) in [4.78, 5) is 37.2. The van der Waals surface area contributed by atoms with E-state index in [4.69, 9.17) is 0 Å². The van der Waals surface area contributed by atoms with Crippen molar-refractivity contribution >= 4 is 34.4 Å². The van der Waals surface area contributed by atoms with Gasteiger partial charge in [-0.2, -0.15) is 0 Å². The molecule has 10 heteroatoms. The zero-order valence-corrected chi connectivity index (χ0v) is 16.0. The summed E-state index contributed by atoms with van der Waals surface area (Å²) >= 11 is 0. The lowest BCUT2D eigenvalue weighted by molar-refractivity contribution is -0.384. The number of benzene rings is 3. The molecule has 0 fully saturated rings. The van der Waals surface area contributed by atoms with Gasteiger partial charge < -0.3 is 5.32 Å². The lowest BCUT2D eigenvalue weighted by atomic mass is 10.0. The highest BCUT2D eigenvalue weighted by Gasteiger charge is 2.41. The van der Waals surface area contributed by atoms with E-state index >= 15 is 0 Å². The van der Waals surface area contributed by atoms with Crippen LogP contribution in [0.1, 0.15) is 5.56 Å². The third-order valence-corrected chi connectivity index (χ3v) is 4.71. The van der Waals surface area contributed by atoms with Crippen LogP contribution in [0, 0.1) is 27.6 Å². The Morgan fingerprint density at radius 2 is 1.44 bits per heavy atom. The highest BCUT2D eigenvalue weighted by atomic mass is 19.1. The number of hydrogen-bond donors (Lipinski definition) is 1. The van der Waals surface area contributed by atoms with Crippen LogP contribution in [0.4, 0.5) is 30.2 Å². The van der Waals surface area contributed by atoms with Crippen LogP contribution in [0.3, 0.4) is 0 Å². The molecule has 0 aliphatic carbocycles. The van der Waals surface area contributed by atoms with Crippen molar-refractivity contribution in [1.29, 1.82) is 0 Å². The summed E-state index contributed by atoms with van der Waals surface area (Å²) in [5.41, 5.74) is -0.707. The minimum Gasteiger partial charge on any atom is -0.350 e. The Morgan fingerprint density at radius 1 is 0.812 bits per heavy atom. The number of halogens is 3. The second-order valence-electron chi connectivity index (χ2n) is 6.73. The van der Waals surface area contributed by atoms with Crippen molar-refractivity contribution in [3.8, 4) is 0 Å². The minimum absolute atomic E-state index is 0.156. The van der Waals surface area contributed by atoms with Gasteiger partial charge in [0.1, 0.15) is 23.1 Å². The predicted octanol–water partition coefficient (Wildman–Crippen LogP) is 4.41. The Labute approximate surface area is 178 Å². The van der Waals surface area contributed by atoms with Crippen molar-refractivity contribution in [2.45, 2.75) is 0 Å². The Morgan fingerprint density at radius 3 is 2.03 bits per heavy atom. The SMILES string of the molecule is O=C1C(Nc2ccc(F)cc2)=C(c2ccc([N+](=O)[O-])cc2)C(=O)N1c1ccc(F)cc1F. The van der Waals surface area contributed by atoms with Crippen LogP contribution in [0.25, 0.3) is 5.57 Å².